The van der Waals surface area contributed by atoms with Crippen LogP contribution in [0.2, 0.25) is 0 Å². The molecule has 0 saturated heterocycles. The first kappa shape index (κ1) is 23.2. The van der Waals surface area contributed by atoms with Gasteiger partial charge in [-0.25, -0.2) is 0 Å². The lowest BCUT2D eigenvalue weighted by molar-refractivity contribution is -0.138. The van der Waals surface area contributed by atoms with Crippen LogP contribution in [-0.2, 0) is 4.79 Å². The number of carboxylic acids is 1. The Balaban J connectivity index is -0.00000112. The summed E-state index contributed by atoms with van der Waals surface area (Å²) in [4.78, 5) is 14.5. The van der Waals surface area contributed by atoms with Gasteiger partial charge in [-0.3, -0.25) is 9.79 Å². The van der Waals surface area contributed by atoms with Gasteiger partial charge in [-0.05, 0) is 19.3 Å². The highest BCUT2D eigenvalue weighted by Gasteiger charge is 2.09. The quantitative estimate of drug-likeness (QED) is 0.270. The maximum absolute atomic E-state index is 10.4. The minimum atomic E-state index is -0.978. The van der Waals surface area contributed by atoms with Crippen LogP contribution >= 0.6 is 48.2 Å². The molecule has 0 spiro atoms. The number of hydrogen-bond acceptors (Lipinski definition) is 4. The highest BCUT2D eigenvalue weighted by Crippen LogP contribution is 2.04. The third kappa shape index (κ3) is 14.2. The molecule has 0 aromatic carbocycles. The standard InChI is InChI=1S/C9H18ClN3O2S.2ClH/c10-4-2-6-16-9(12)13-5-1-3-7(11)8(14)15;;/h7H,1-6,11H2,(H2,12,13)(H,14,15);2*1H/t7-;;/m0../s1. The Hall–Kier alpha value is 0.120. The number of nitrogens with two attached hydrogens (primary N) is 2. The number of carboxylic acid groups (broad SMARTS) is 1. The molecule has 0 aliphatic rings. The molecular weight excluding hydrogens is 321 g/mol. The largest absolute Gasteiger partial charge is 0.480 e. The lowest BCUT2D eigenvalue weighted by Gasteiger charge is -2.04. The van der Waals surface area contributed by atoms with Gasteiger partial charge in [0.05, 0.1) is 0 Å². The van der Waals surface area contributed by atoms with Crippen molar-refractivity contribution in [3.8, 4) is 0 Å². The molecule has 0 aliphatic heterocycles. The lowest BCUT2D eigenvalue weighted by atomic mass is 10.2. The molecule has 0 heterocycles. The van der Waals surface area contributed by atoms with Crippen molar-refractivity contribution in [3.63, 3.8) is 0 Å². The van der Waals surface area contributed by atoms with E-state index in [1.165, 1.54) is 11.8 Å². The van der Waals surface area contributed by atoms with Crippen LogP contribution in [0, 0.1) is 0 Å². The van der Waals surface area contributed by atoms with Crippen LogP contribution in [0.15, 0.2) is 4.99 Å². The Morgan fingerprint density at radius 3 is 2.50 bits per heavy atom. The number of rotatable bonds is 8. The molecule has 0 saturated carbocycles. The van der Waals surface area contributed by atoms with Crippen LogP contribution in [0.5, 0.6) is 0 Å². The molecule has 0 unspecified atom stereocenters. The van der Waals surface area contributed by atoms with E-state index in [2.05, 4.69) is 4.99 Å². The fourth-order valence-electron chi connectivity index (χ4n) is 0.901. The summed E-state index contributed by atoms with van der Waals surface area (Å²) < 4.78 is 0. The number of alkyl halides is 1. The zero-order valence-electron chi connectivity index (χ0n) is 9.88. The molecule has 0 aliphatic carbocycles. The van der Waals surface area contributed by atoms with E-state index in [1.54, 1.807) is 0 Å². The number of halogens is 3. The van der Waals surface area contributed by atoms with Gasteiger partial charge in [-0.1, -0.05) is 11.8 Å². The second-order valence-electron chi connectivity index (χ2n) is 3.20. The highest BCUT2D eigenvalue weighted by atomic mass is 35.5. The summed E-state index contributed by atoms with van der Waals surface area (Å²) in [6.45, 7) is 0.515. The van der Waals surface area contributed by atoms with E-state index < -0.39 is 12.0 Å². The molecule has 0 aromatic rings. The summed E-state index contributed by atoms with van der Waals surface area (Å²) in [5.74, 6) is 0.495. The molecular formula is C9H20Cl3N3O2S. The fourth-order valence-corrected chi connectivity index (χ4v) is 1.87. The molecule has 110 valence electrons. The molecule has 9 heteroatoms. The zero-order valence-corrected chi connectivity index (χ0v) is 13.1. The van der Waals surface area contributed by atoms with Gasteiger partial charge in [-0.2, -0.15) is 0 Å². The van der Waals surface area contributed by atoms with E-state index in [4.69, 9.17) is 28.2 Å². The van der Waals surface area contributed by atoms with E-state index >= 15 is 0 Å². The van der Waals surface area contributed by atoms with Gasteiger partial charge in [0.25, 0.3) is 0 Å². The number of nitrogens with zero attached hydrogens (tertiary/aromatic N) is 1. The Bertz CT molecular complexity index is 245. The van der Waals surface area contributed by atoms with Gasteiger partial charge >= 0.3 is 5.97 Å². The van der Waals surface area contributed by atoms with Crippen molar-refractivity contribution in [1.29, 1.82) is 0 Å². The maximum atomic E-state index is 10.4. The van der Waals surface area contributed by atoms with Gasteiger partial charge in [0, 0.05) is 18.2 Å². The maximum Gasteiger partial charge on any atom is 0.320 e. The number of aliphatic imine (C=N–C) groups is 1. The van der Waals surface area contributed by atoms with Crippen molar-refractivity contribution in [2.75, 3.05) is 18.2 Å². The number of hydrogen-bond donors (Lipinski definition) is 3. The van der Waals surface area contributed by atoms with Crippen LogP contribution in [0.4, 0.5) is 0 Å². The van der Waals surface area contributed by atoms with Crippen molar-refractivity contribution in [2.24, 2.45) is 16.5 Å². The second kappa shape index (κ2) is 15.2. The molecule has 1 atom stereocenters. The average Bonchev–Trinajstić information content (AvgIpc) is 2.24. The van der Waals surface area contributed by atoms with Crippen molar-refractivity contribution >= 4 is 59.3 Å². The molecule has 0 rings (SSSR count). The van der Waals surface area contributed by atoms with E-state index in [9.17, 15) is 4.79 Å². The van der Waals surface area contributed by atoms with Crippen LogP contribution in [0.25, 0.3) is 0 Å². The minimum Gasteiger partial charge on any atom is -0.480 e. The minimum absolute atomic E-state index is 0. The van der Waals surface area contributed by atoms with Crippen molar-refractivity contribution in [1.82, 2.24) is 0 Å². The Morgan fingerprint density at radius 2 is 2.00 bits per heavy atom. The molecule has 0 radical (unpaired) electrons. The van der Waals surface area contributed by atoms with E-state index in [1.807, 2.05) is 0 Å². The highest BCUT2D eigenvalue weighted by molar-refractivity contribution is 8.13. The third-order valence-corrected chi connectivity index (χ3v) is 2.97. The molecule has 5 N–H and O–H groups in total. The third-order valence-electron chi connectivity index (χ3n) is 1.79. The van der Waals surface area contributed by atoms with E-state index in [0.29, 0.717) is 30.4 Å². The molecule has 0 amide bonds. The first-order valence-electron chi connectivity index (χ1n) is 5.05. The predicted molar refractivity (Wildman–Crippen MR) is 83.6 cm³/mol. The van der Waals surface area contributed by atoms with Crippen LogP contribution < -0.4 is 11.5 Å². The molecule has 0 bridgehead atoms. The fraction of sp³-hybridized carbons (Fsp3) is 0.778. The SMILES string of the molecule is Cl.Cl.NC(=NCCC[C@H](N)C(=O)O)SCCCCl. The first-order chi connectivity index (χ1) is 7.57. The molecule has 5 nitrogen and oxygen atoms in total. The van der Waals surface area contributed by atoms with Gasteiger partial charge < -0.3 is 16.6 Å². The topological polar surface area (TPSA) is 102 Å². The monoisotopic (exact) mass is 339 g/mol. The first-order valence-corrected chi connectivity index (χ1v) is 6.57. The predicted octanol–water partition coefficient (Wildman–Crippen LogP) is 1.70. The summed E-state index contributed by atoms with van der Waals surface area (Å²) in [6.07, 6.45) is 1.94. The number of carbonyl (C=O) groups is 1. The molecule has 18 heavy (non-hydrogen) atoms. The van der Waals surface area contributed by atoms with E-state index in [0.717, 1.165) is 12.2 Å². The van der Waals surface area contributed by atoms with Gasteiger partial charge in [0.1, 0.15) is 6.04 Å². The lowest BCUT2D eigenvalue weighted by Crippen LogP contribution is -2.30. The Morgan fingerprint density at radius 1 is 1.39 bits per heavy atom. The van der Waals surface area contributed by atoms with Crippen molar-refractivity contribution in [3.05, 3.63) is 0 Å². The van der Waals surface area contributed by atoms with Gasteiger partial charge in [0.15, 0.2) is 5.17 Å². The smallest absolute Gasteiger partial charge is 0.320 e. The molecule has 0 aromatic heterocycles. The van der Waals surface area contributed by atoms with Crippen molar-refractivity contribution in [2.45, 2.75) is 25.3 Å². The Kier molecular flexibility index (Phi) is 19.6. The van der Waals surface area contributed by atoms with Crippen LogP contribution in [0.1, 0.15) is 19.3 Å². The molecule has 0 fully saturated rings. The number of aliphatic carboxylic acids is 1. The van der Waals surface area contributed by atoms with Gasteiger partial charge in [-0.15, -0.1) is 36.4 Å². The van der Waals surface area contributed by atoms with Gasteiger partial charge in [0.2, 0.25) is 0 Å². The van der Waals surface area contributed by atoms with Crippen molar-refractivity contribution < 1.29 is 9.90 Å². The summed E-state index contributed by atoms with van der Waals surface area (Å²) in [6, 6.07) is -0.805. The van der Waals surface area contributed by atoms with Crippen LogP contribution in [-0.4, -0.2) is 40.5 Å². The summed E-state index contributed by atoms with van der Waals surface area (Å²) >= 11 is 6.97. The number of amidine groups is 1. The van der Waals surface area contributed by atoms with E-state index in [-0.39, 0.29) is 24.8 Å². The normalized spacial score (nSPS) is 12.2. The zero-order chi connectivity index (χ0) is 12.4. The summed E-state index contributed by atoms with van der Waals surface area (Å²) in [7, 11) is 0. The Labute approximate surface area is 129 Å². The summed E-state index contributed by atoms with van der Waals surface area (Å²) in [5, 5.41) is 9.05. The summed E-state index contributed by atoms with van der Waals surface area (Å²) in [5.41, 5.74) is 10.9. The average molecular weight is 341 g/mol. The number of thioether (sulfide) groups is 1. The van der Waals surface area contributed by atoms with Crippen LogP contribution in [0.3, 0.4) is 0 Å². The second-order valence-corrected chi connectivity index (χ2v) is 4.69.